The number of rotatable bonds is 6. The molecule has 0 saturated carbocycles. The highest BCUT2D eigenvalue weighted by atomic mass is 16.1. The van der Waals surface area contributed by atoms with Gasteiger partial charge in [-0.05, 0) is 35.6 Å². The molecule has 2 heteroatoms. The van der Waals surface area contributed by atoms with Gasteiger partial charge in [-0.2, -0.15) is 0 Å². The van der Waals surface area contributed by atoms with E-state index in [4.69, 9.17) is 0 Å². The lowest BCUT2D eigenvalue weighted by atomic mass is 9.97. The summed E-state index contributed by atoms with van der Waals surface area (Å²) < 4.78 is 0. The lowest BCUT2D eigenvalue weighted by Gasteiger charge is -2.20. The molecule has 0 unspecified atom stereocenters. The van der Waals surface area contributed by atoms with Gasteiger partial charge in [0.25, 0.3) is 0 Å². The molecule has 0 aromatic heterocycles. The van der Waals surface area contributed by atoms with Crippen LogP contribution in [0.2, 0.25) is 0 Å². The minimum atomic E-state index is -0.140. The smallest absolute Gasteiger partial charge is 0.225 e. The van der Waals surface area contributed by atoms with Crippen LogP contribution < -0.4 is 5.32 Å². The van der Waals surface area contributed by atoms with Crippen LogP contribution in [0.3, 0.4) is 0 Å². The van der Waals surface area contributed by atoms with E-state index in [0.29, 0.717) is 6.42 Å². The molecule has 1 N–H and O–H groups in total. The van der Waals surface area contributed by atoms with E-state index in [1.165, 1.54) is 11.1 Å². The largest absolute Gasteiger partial charge is 0.345 e. The molecule has 3 aromatic rings. The van der Waals surface area contributed by atoms with Gasteiger partial charge in [0.05, 0.1) is 12.5 Å². The fourth-order valence-electron chi connectivity index (χ4n) is 3.14. The Kier molecular flexibility index (Phi) is 5.85. The Labute approximate surface area is 155 Å². The molecule has 0 heterocycles. The zero-order chi connectivity index (χ0) is 18.4. The van der Waals surface area contributed by atoms with Crippen molar-refractivity contribution in [3.05, 3.63) is 107 Å². The van der Waals surface area contributed by atoms with Crippen LogP contribution in [0.5, 0.6) is 0 Å². The fraction of sp³-hybridized carbons (Fsp3) is 0.208. The monoisotopic (exact) mass is 343 g/mol. The predicted octanol–water partition coefficient (Wildman–Crippen LogP) is 5.01. The Bertz CT molecular complexity index is 853. The number of carbonyl (C=O) groups is 1. The minimum Gasteiger partial charge on any atom is -0.345 e. The lowest BCUT2D eigenvalue weighted by molar-refractivity contribution is -0.120. The zero-order valence-corrected chi connectivity index (χ0v) is 15.4. The molecule has 3 rings (SSSR count). The number of aryl methyl sites for hydroxylation is 2. The SMILES string of the molecule is CCc1ccc(CC(=O)N[C@@H](c2ccccc2)c2cccc(C)c2)cc1. The summed E-state index contributed by atoms with van der Waals surface area (Å²) in [7, 11) is 0. The standard InChI is InChI=1S/C24H25NO/c1-3-19-12-14-20(15-13-19)17-23(26)25-24(21-9-5-4-6-10-21)22-11-7-8-18(2)16-22/h4-16,24H,3,17H2,1-2H3,(H,25,26)/t24-/m0/s1. The van der Waals surface area contributed by atoms with Gasteiger partial charge in [0.2, 0.25) is 5.91 Å². The second-order valence-corrected chi connectivity index (χ2v) is 6.67. The maximum absolute atomic E-state index is 12.7. The highest BCUT2D eigenvalue weighted by molar-refractivity contribution is 5.79. The molecule has 2 nitrogen and oxygen atoms in total. The van der Waals surface area contributed by atoms with Crippen molar-refractivity contribution in [3.63, 3.8) is 0 Å². The molecular formula is C24H25NO. The summed E-state index contributed by atoms with van der Waals surface area (Å²) in [5.74, 6) is 0.0320. The van der Waals surface area contributed by atoms with Crippen molar-refractivity contribution in [1.82, 2.24) is 5.32 Å². The molecule has 0 saturated heterocycles. The van der Waals surface area contributed by atoms with Gasteiger partial charge >= 0.3 is 0 Å². The van der Waals surface area contributed by atoms with E-state index in [2.05, 4.69) is 61.6 Å². The van der Waals surface area contributed by atoms with Crippen molar-refractivity contribution in [3.8, 4) is 0 Å². The first-order valence-corrected chi connectivity index (χ1v) is 9.14. The van der Waals surface area contributed by atoms with Gasteiger partial charge in [0.15, 0.2) is 0 Å². The fourth-order valence-corrected chi connectivity index (χ4v) is 3.14. The molecular weight excluding hydrogens is 318 g/mol. The summed E-state index contributed by atoms with van der Waals surface area (Å²) in [6, 6.07) is 26.6. The number of carbonyl (C=O) groups excluding carboxylic acids is 1. The van der Waals surface area contributed by atoms with Gasteiger partial charge in [-0.15, -0.1) is 0 Å². The first kappa shape index (κ1) is 17.9. The topological polar surface area (TPSA) is 29.1 Å². The van der Waals surface area contributed by atoms with Crippen LogP contribution in [0, 0.1) is 6.92 Å². The van der Waals surface area contributed by atoms with Gasteiger partial charge in [-0.3, -0.25) is 4.79 Å². The third-order valence-corrected chi connectivity index (χ3v) is 4.61. The first-order chi connectivity index (χ1) is 12.7. The van der Waals surface area contributed by atoms with Gasteiger partial charge in [-0.1, -0.05) is 91.3 Å². The minimum absolute atomic E-state index is 0.0320. The average Bonchev–Trinajstić information content (AvgIpc) is 2.67. The number of nitrogens with one attached hydrogen (secondary N) is 1. The normalized spacial score (nSPS) is 11.8. The van der Waals surface area contributed by atoms with Crippen molar-refractivity contribution >= 4 is 5.91 Å². The lowest BCUT2D eigenvalue weighted by Crippen LogP contribution is -2.30. The third kappa shape index (κ3) is 4.60. The molecule has 0 bridgehead atoms. The Morgan fingerprint density at radius 3 is 2.15 bits per heavy atom. The van der Waals surface area contributed by atoms with Gasteiger partial charge < -0.3 is 5.32 Å². The molecule has 0 aliphatic carbocycles. The second kappa shape index (κ2) is 8.48. The molecule has 0 fully saturated rings. The quantitative estimate of drug-likeness (QED) is 0.670. The van der Waals surface area contributed by atoms with E-state index in [9.17, 15) is 4.79 Å². The molecule has 1 amide bonds. The molecule has 0 aliphatic heterocycles. The van der Waals surface area contributed by atoms with Crippen molar-refractivity contribution in [2.75, 3.05) is 0 Å². The first-order valence-electron chi connectivity index (χ1n) is 9.14. The molecule has 132 valence electrons. The summed E-state index contributed by atoms with van der Waals surface area (Å²) >= 11 is 0. The predicted molar refractivity (Wildman–Crippen MR) is 107 cm³/mol. The van der Waals surface area contributed by atoms with Crippen LogP contribution in [0.15, 0.2) is 78.9 Å². The van der Waals surface area contributed by atoms with Crippen molar-refractivity contribution in [2.24, 2.45) is 0 Å². The number of hydrogen-bond acceptors (Lipinski definition) is 1. The summed E-state index contributed by atoms with van der Waals surface area (Å²) in [5, 5.41) is 3.21. The Morgan fingerprint density at radius 2 is 1.50 bits per heavy atom. The van der Waals surface area contributed by atoms with E-state index in [1.807, 2.05) is 36.4 Å². The summed E-state index contributed by atoms with van der Waals surface area (Å²) in [6.45, 7) is 4.21. The summed E-state index contributed by atoms with van der Waals surface area (Å²) in [5.41, 5.74) is 5.71. The van der Waals surface area contributed by atoms with E-state index < -0.39 is 0 Å². The van der Waals surface area contributed by atoms with Gasteiger partial charge in [0, 0.05) is 0 Å². The molecule has 1 atom stereocenters. The molecule has 0 spiro atoms. The van der Waals surface area contributed by atoms with Gasteiger partial charge in [-0.25, -0.2) is 0 Å². The van der Waals surface area contributed by atoms with Crippen molar-refractivity contribution < 1.29 is 4.79 Å². The van der Waals surface area contributed by atoms with Crippen LogP contribution in [-0.2, 0) is 17.6 Å². The Balaban J connectivity index is 1.79. The molecule has 26 heavy (non-hydrogen) atoms. The zero-order valence-electron chi connectivity index (χ0n) is 15.4. The third-order valence-electron chi connectivity index (χ3n) is 4.61. The Hall–Kier alpha value is -2.87. The Morgan fingerprint density at radius 1 is 0.846 bits per heavy atom. The number of benzene rings is 3. The van der Waals surface area contributed by atoms with Crippen LogP contribution in [0.25, 0.3) is 0 Å². The van der Waals surface area contributed by atoms with Crippen molar-refractivity contribution in [2.45, 2.75) is 32.7 Å². The van der Waals surface area contributed by atoms with Crippen molar-refractivity contribution in [1.29, 1.82) is 0 Å². The van der Waals surface area contributed by atoms with Gasteiger partial charge in [0.1, 0.15) is 0 Å². The number of amides is 1. The van der Waals surface area contributed by atoms with Crippen LogP contribution in [0.4, 0.5) is 0 Å². The molecule has 0 aliphatic rings. The maximum atomic E-state index is 12.7. The van der Waals surface area contributed by atoms with Crippen LogP contribution in [-0.4, -0.2) is 5.91 Å². The molecule has 3 aromatic carbocycles. The molecule has 0 radical (unpaired) electrons. The highest BCUT2D eigenvalue weighted by Crippen LogP contribution is 2.23. The van der Waals surface area contributed by atoms with Crippen LogP contribution in [0.1, 0.15) is 40.8 Å². The highest BCUT2D eigenvalue weighted by Gasteiger charge is 2.17. The maximum Gasteiger partial charge on any atom is 0.225 e. The van der Waals surface area contributed by atoms with E-state index in [1.54, 1.807) is 0 Å². The summed E-state index contributed by atoms with van der Waals surface area (Å²) in [6.07, 6.45) is 1.40. The van der Waals surface area contributed by atoms with E-state index in [0.717, 1.165) is 23.1 Å². The van der Waals surface area contributed by atoms with Crippen LogP contribution >= 0.6 is 0 Å². The van der Waals surface area contributed by atoms with E-state index >= 15 is 0 Å². The number of hydrogen-bond donors (Lipinski definition) is 1. The van der Waals surface area contributed by atoms with E-state index in [-0.39, 0.29) is 11.9 Å². The second-order valence-electron chi connectivity index (χ2n) is 6.67. The summed E-state index contributed by atoms with van der Waals surface area (Å²) in [4.78, 5) is 12.7. The average molecular weight is 343 g/mol.